The molecule has 19 heavy (non-hydrogen) atoms. The lowest BCUT2D eigenvalue weighted by atomic mass is 10.2. The van der Waals surface area contributed by atoms with Crippen molar-refractivity contribution in [3.05, 3.63) is 52.5 Å². The van der Waals surface area contributed by atoms with Gasteiger partial charge in [0.05, 0.1) is 10.2 Å². The van der Waals surface area contributed by atoms with E-state index in [1.807, 2.05) is 29.8 Å². The number of anilines is 1. The van der Waals surface area contributed by atoms with Gasteiger partial charge in [-0.05, 0) is 52.7 Å². The van der Waals surface area contributed by atoms with Crippen LogP contribution in [0.25, 0.3) is 16.9 Å². The fraction of sp³-hybridized carbons (Fsp3) is 0.0714. The summed E-state index contributed by atoms with van der Waals surface area (Å²) in [5.41, 5.74) is 10.0. The molecule has 0 saturated carbocycles. The zero-order valence-electron chi connectivity index (χ0n) is 10.2. The van der Waals surface area contributed by atoms with Crippen LogP contribution in [0.5, 0.6) is 0 Å². The molecular weight excluding hydrogens is 309 g/mol. The van der Waals surface area contributed by atoms with Crippen LogP contribution in [0, 0.1) is 12.7 Å². The Morgan fingerprint density at radius 2 is 2.05 bits per heavy atom. The number of aromatic nitrogens is 2. The number of imidazole rings is 1. The van der Waals surface area contributed by atoms with Crippen LogP contribution in [0.2, 0.25) is 0 Å². The number of benzene rings is 1. The van der Waals surface area contributed by atoms with Crippen molar-refractivity contribution in [3.63, 3.8) is 0 Å². The molecule has 0 aliphatic heterocycles. The Kier molecular flexibility index (Phi) is 2.78. The Morgan fingerprint density at radius 3 is 2.79 bits per heavy atom. The summed E-state index contributed by atoms with van der Waals surface area (Å²) >= 11 is 3.18. The fourth-order valence-corrected chi connectivity index (χ4v) is 2.47. The monoisotopic (exact) mass is 319 g/mol. The lowest BCUT2D eigenvalue weighted by Crippen LogP contribution is -1.92. The highest BCUT2D eigenvalue weighted by atomic mass is 79.9. The molecule has 0 radical (unpaired) electrons. The fourth-order valence-electron chi connectivity index (χ4n) is 2.09. The van der Waals surface area contributed by atoms with Crippen LogP contribution in [0.3, 0.4) is 0 Å². The Labute approximate surface area is 118 Å². The van der Waals surface area contributed by atoms with Crippen molar-refractivity contribution >= 4 is 27.3 Å². The molecule has 2 aromatic heterocycles. The number of nitrogens with two attached hydrogens (primary N) is 1. The summed E-state index contributed by atoms with van der Waals surface area (Å²) in [5.74, 6) is -0.284. The van der Waals surface area contributed by atoms with Crippen LogP contribution < -0.4 is 5.73 Å². The molecule has 0 unspecified atom stereocenters. The number of fused-ring (bicyclic) bond motifs is 1. The van der Waals surface area contributed by atoms with Gasteiger partial charge in [0.15, 0.2) is 0 Å². The van der Waals surface area contributed by atoms with E-state index < -0.39 is 0 Å². The summed E-state index contributed by atoms with van der Waals surface area (Å²) in [5, 5.41) is 0. The minimum Gasteiger partial charge on any atom is -0.398 e. The topological polar surface area (TPSA) is 43.3 Å². The second kappa shape index (κ2) is 4.35. The van der Waals surface area contributed by atoms with E-state index >= 15 is 0 Å². The largest absolute Gasteiger partial charge is 0.398 e. The molecule has 1 aromatic carbocycles. The van der Waals surface area contributed by atoms with E-state index in [1.54, 1.807) is 12.1 Å². The predicted molar refractivity (Wildman–Crippen MR) is 77.4 cm³/mol. The van der Waals surface area contributed by atoms with E-state index in [1.165, 1.54) is 6.07 Å². The van der Waals surface area contributed by atoms with Crippen LogP contribution >= 0.6 is 15.9 Å². The molecule has 0 amide bonds. The molecular formula is C14H11BrFN3. The van der Waals surface area contributed by atoms with Crippen LogP contribution in [0.15, 0.2) is 41.1 Å². The average Bonchev–Trinajstić information content (AvgIpc) is 2.76. The van der Waals surface area contributed by atoms with Crippen LogP contribution in [-0.2, 0) is 0 Å². The number of nitrogens with zero attached hydrogens (tertiary/aromatic N) is 2. The molecule has 96 valence electrons. The summed E-state index contributed by atoms with van der Waals surface area (Å²) in [6.07, 6.45) is 3.70. The SMILES string of the molecule is Cc1cc(N)cn2cc(-c3ccc(F)c(Br)c3)nc12. The maximum absolute atomic E-state index is 13.2. The van der Waals surface area contributed by atoms with Gasteiger partial charge in [0, 0.05) is 23.6 Å². The van der Waals surface area contributed by atoms with Gasteiger partial charge in [-0.2, -0.15) is 0 Å². The molecule has 0 spiro atoms. The van der Waals surface area contributed by atoms with E-state index in [2.05, 4.69) is 20.9 Å². The molecule has 0 saturated heterocycles. The van der Waals surface area contributed by atoms with Crippen molar-refractivity contribution in [1.29, 1.82) is 0 Å². The molecule has 0 fully saturated rings. The van der Waals surface area contributed by atoms with Crippen molar-refractivity contribution in [1.82, 2.24) is 9.38 Å². The van der Waals surface area contributed by atoms with Gasteiger partial charge >= 0.3 is 0 Å². The number of rotatable bonds is 1. The minimum atomic E-state index is -0.284. The molecule has 2 heterocycles. The van der Waals surface area contributed by atoms with Crippen LogP contribution in [0.1, 0.15) is 5.56 Å². The van der Waals surface area contributed by atoms with Gasteiger partial charge in [0.1, 0.15) is 11.5 Å². The number of hydrogen-bond acceptors (Lipinski definition) is 2. The first-order chi connectivity index (χ1) is 9.04. The lowest BCUT2D eigenvalue weighted by molar-refractivity contribution is 0.621. The summed E-state index contributed by atoms with van der Waals surface area (Å²) in [6.45, 7) is 1.96. The molecule has 0 aliphatic carbocycles. The first-order valence-corrected chi connectivity index (χ1v) is 6.54. The second-order valence-corrected chi connectivity index (χ2v) is 5.30. The van der Waals surface area contributed by atoms with Gasteiger partial charge in [0.25, 0.3) is 0 Å². The van der Waals surface area contributed by atoms with Gasteiger partial charge in [-0.1, -0.05) is 0 Å². The van der Waals surface area contributed by atoms with E-state index in [9.17, 15) is 4.39 Å². The van der Waals surface area contributed by atoms with Crippen LogP contribution in [0.4, 0.5) is 10.1 Å². The second-order valence-electron chi connectivity index (χ2n) is 4.44. The maximum Gasteiger partial charge on any atom is 0.140 e. The van der Waals surface area contributed by atoms with E-state index in [-0.39, 0.29) is 5.82 Å². The van der Waals surface area contributed by atoms with Crippen molar-refractivity contribution in [2.45, 2.75) is 6.92 Å². The number of nitrogen functional groups attached to an aromatic ring is 1. The first-order valence-electron chi connectivity index (χ1n) is 5.75. The van der Waals surface area contributed by atoms with Gasteiger partial charge in [-0.25, -0.2) is 9.37 Å². The van der Waals surface area contributed by atoms with Crippen molar-refractivity contribution in [2.75, 3.05) is 5.73 Å². The highest BCUT2D eigenvalue weighted by Crippen LogP contribution is 2.26. The van der Waals surface area contributed by atoms with Gasteiger partial charge in [-0.15, -0.1) is 0 Å². The quantitative estimate of drug-likeness (QED) is 0.741. The maximum atomic E-state index is 13.2. The molecule has 3 aromatic rings. The highest BCUT2D eigenvalue weighted by molar-refractivity contribution is 9.10. The Morgan fingerprint density at radius 1 is 1.26 bits per heavy atom. The third kappa shape index (κ3) is 2.10. The summed E-state index contributed by atoms with van der Waals surface area (Å²) in [7, 11) is 0. The molecule has 2 N–H and O–H groups in total. The number of hydrogen-bond donors (Lipinski definition) is 1. The predicted octanol–water partition coefficient (Wildman–Crippen LogP) is 3.79. The van der Waals surface area contributed by atoms with Crippen LogP contribution in [-0.4, -0.2) is 9.38 Å². The Balaban J connectivity index is 2.20. The van der Waals surface area contributed by atoms with E-state index in [0.29, 0.717) is 10.2 Å². The molecule has 0 atom stereocenters. The summed E-state index contributed by atoms with van der Waals surface area (Å²) in [6, 6.07) is 6.73. The first kappa shape index (κ1) is 12.2. The highest BCUT2D eigenvalue weighted by Gasteiger charge is 2.09. The number of halogens is 2. The van der Waals surface area contributed by atoms with Crippen molar-refractivity contribution in [3.8, 4) is 11.3 Å². The average molecular weight is 320 g/mol. The van der Waals surface area contributed by atoms with Gasteiger partial charge in [0.2, 0.25) is 0 Å². The summed E-state index contributed by atoms with van der Waals surface area (Å²) < 4.78 is 15.6. The number of aryl methyl sites for hydroxylation is 1. The Hall–Kier alpha value is -1.88. The van der Waals surface area contributed by atoms with Crippen molar-refractivity contribution in [2.24, 2.45) is 0 Å². The normalized spacial score (nSPS) is 11.1. The minimum absolute atomic E-state index is 0.284. The van der Waals surface area contributed by atoms with Crippen molar-refractivity contribution < 1.29 is 4.39 Å². The lowest BCUT2D eigenvalue weighted by Gasteiger charge is -1.98. The molecule has 0 bridgehead atoms. The molecule has 5 heteroatoms. The zero-order valence-corrected chi connectivity index (χ0v) is 11.8. The zero-order chi connectivity index (χ0) is 13.6. The molecule has 3 nitrogen and oxygen atoms in total. The van der Waals surface area contributed by atoms with Gasteiger partial charge < -0.3 is 10.1 Å². The standard InChI is InChI=1S/C14H11BrFN3/c1-8-4-10(17)6-19-7-13(18-14(8)19)9-2-3-12(16)11(15)5-9/h2-7H,17H2,1H3. The molecule has 0 aliphatic rings. The molecule has 3 rings (SSSR count). The third-order valence-electron chi connectivity index (χ3n) is 2.97. The van der Waals surface area contributed by atoms with E-state index in [0.717, 1.165) is 22.5 Å². The summed E-state index contributed by atoms with van der Waals surface area (Å²) in [4.78, 5) is 4.56. The van der Waals surface area contributed by atoms with Gasteiger partial charge in [-0.3, -0.25) is 0 Å². The number of pyridine rings is 1. The van der Waals surface area contributed by atoms with E-state index in [4.69, 9.17) is 5.73 Å². The third-order valence-corrected chi connectivity index (χ3v) is 3.58. The smallest absolute Gasteiger partial charge is 0.140 e. The Bertz CT molecular complexity index is 780.